The number of amides is 1. The van der Waals surface area contributed by atoms with Crippen molar-refractivity contribution in [2.75, 3.05) is 26.0 Å². The quantitative estimate of drug-likeness (QED) is 0.803. The molecule has 5 heteroatoms. The molecule has 1 aromatic rings. The summed E-state index contributed by atoms with van der Waals surface area (Å²) in [5, 5.41) is 9.19. The molecule has 0 heterocycles. The third kappa shape index (κ3) is 3.04. The molecule has 1 aliphatic carbocycles. The van der Waals surface area contributed by atoms with E-state index >= 15 is 0 Å². The first-order valence-corrected chi connectivity index (χ1v) is 7.02. The van der Waals surface area contributed by atoms with Gasteiger partial charge in [-0.3, -0.25) is 4.79 Å². The predicted octanol–water partition coefficient (Wildman–Crippen LogP) is 1.65. The molecule has 1 fully saturated rings. The summed E-state index contributed by atoms with van der Waals surface area (Å²) in [5.74, 6) is 0.497. The third-order valence-corrected chi connectivity index (χ3v) is 3.84. The Morgan fingerprint density at radius 1 is 1.45 bits per heavy atom. The number of hydrogen-bond donors (Lipinski definition) is 2. The number of carbonyl (C=O) groups is 1. The van der Waals surface area contributed by atoms with Crippen molar-refractivity contribution >= 4 is 11.6 Å². The van der Waals surface area contributed by atoms with Crippen molar-refractivity contribution in [3.8, 4) is 5.75 Å². The van der Waals surface area contributed by atoms with E-state index in [0.717, 1.165) is 25.7 Å². The van der Waals surface area contributed by atoms with Crippen LogP contribution in [0.15, 0.2) is 18.2 Å². The molecule has 1 amide bonds. The van der Waals surface area contributed by atoms with Gasteiger partial charge in [0.2, 0.25) is 0 Å². The van der Waals surface area contributed by atoms with Gasteiger partial charge in [0.15, 0.2) is 0 Å². The number of nitrogens with zero attached hydrogens (tertiary/aromatic N) is 1. The lowest BCUT2D eigenvalue weighted by Gasteiger charge is -2.28. The number of benzene rings is 1. The minimum absolute atomic E-state index is 0.0200. The summed E-state index contributed by atoms with van der Waals surface area (Å²) in [6.07, 6.45) is 4.31. The summed E-state index contributed by atoms with van der Waals surface area (Å²) < 4.78 is 5.10. The van der Waals surface area contributed by atoms with Crippen LogP contribution in [0.2, 0.25) is 0 Å². The lowest BCUT2D eigenvalue weighted by Crippen LogP contribution is -2.40. The monoisotopic (exact) mass is 278 g/mol. The Morgan fingerprint density at radius 2 is 2.15 bits per heavy atom. The van der Waals surface area contributed by atoms with E-state index < -0.39 is 0 Å². The first kappa shape index (κ1) is 14.7. The standard InChI is InChI=1S/C15H22N2O3/c1-20-14-7-6-11(10-13(14)16)15(19)17(8-9-18)12-4-2-3-5-12/h6-7,10,12,18H,2-5,8-9,16H2,1H3. The smallest absolute Gasteiger partial charge is 0.254 e. The normalized spacial score (nSPS) is 15.3. The van der Waals surface area contributed by atoms with E-state index in [1.807, 2.05) is 0 Å². The van der Waals surface area contributed by atoms with Gasteiger partial charge in [-0.1, -0.05) is 12.8 Å². The van der Waals surface area contributed by atoms with Crippen molar-refractivity contribution in [3.63, 3.8) is 0 Å². The molecule has 5 nitrogen and oxygen atoms in total. The number of rotatable bonds is 5. The highest BCUT2D eigenvalue weighted by Crippen LogP contribution is 2.27. The maximum Gasteiger partial charge on any atom is 0.254 e. The number of aliphatic hydroxyl groups is 1. The summed E-state index contributed by atoms with van der Waals surface area (Å²) in [7, 11) is 1.55. The Kier molecular flexibility index (Phi) is 4.84. The highest BCUT2D eigenvalue weighted by Gasteiger charge is 2.27. The van der Waals surface area contributed by atoms with Crippen molar-refractivity contribution in [2.24, 2.45) is 0 Å². The largest absolute Gasteiger partial charge is 0.495 e. The maximum atomic E-state index is 12.6. The van der Waals surface area contributed by atoms with Gasteiger partial charge in [0.05, 0.1) is 19.4 Å². The zero-order chi connectivity index (χ0) is 14.5. The molecule has 0 spiro atoms. The number of carbonyl (C=O) groups excluding carboxylic acids is 1. The van der Waals surface area contributed by atoms with Gasteiger partial charge in [-0.2, -0.15) is 0 Å². The molecule has 20 heavy (non-hydrogen) atoms. The van der Waals surface area contributed by atoms with Gasteiger partial charge < -0.3 is 20.5 Å². The van der Waals surface area contributed by atoms with E-state index in [0.29, 0.717) is 23.5 Å². The van der Waals surface area contributed by atoms with Gasteiger partial charge in [0.25, 0.3) is 5.91 Å². The van der Waals surface area contributed by atoms with E-state index in [2.05, 4.69) is 0 Å². The van der Waals surface area contributed by atoms with Gasteiger partial charge in [0.1, 0.15) is 5.75 Å². The minimum atomic E-state index is -0.0692. The van der Waals surface area contributed by atoms with Crippen LogP contribution >= 0.6 is 0 Å². The van der Waals surface area contributed by atoms with Crippen LogP contribution in [0, 0.1) is 0 Å². The molecule has 2 rings (SSSR count). The van der Waals surface area contributed by atoms with E-state index in [9.17, 15) is 9.90 Å². The van der Waals surface area contributed by atoms with Gasteiger partial charge >= 0.3 is 0 Å². The fourth-order valence-electron chi connectivity index (χ4n) is 2.81. The topological polar surface area (TPSA) is 75.8 Å². The van der Waals surface area contributed by atoms with E-state index in [-0.39, 0.29) is 18.6 Å². The van der Waals surface area contributed by atoms with Crippen molar-refractivity contribution in [1.29, 1.82) is 0 Å². The number of ether oxygens (including phenoxy) is 1. The number of anilines is 1. The van der Waals surface area contributed by atoms with Crippen LogP contribution in [0.4, 0.5) is 5.69 Å². The number of methoxy groups -OCH3 is 1. The predicted molar refractivity (Wildman–Crippen MR) is 77.8 cm³/mol. The molecule has 1 aliphatic rings. The van der Waals surface area contributed by atoms with Crippen LogP contribution in [0.5, 0.6) is 5.75 Å². The van der Waals surface area contributed by atoms with E-state index in [1.54, 1.807) is 30.2 Å². The number of nitrogen functional groups attached to an aromatic ring is 1. The van der Waals surface area contributed by atoms with E-state index in [1.165, 1.54) is 0 Å². The summed E-state index contributed by atoms with van der Waals surface area (Å²) in [5.41, 5.74) is 6.85. The van der Waals surface area contributed by atoms with Crippen molar-refractivity contribution < 1.29 is 14.6 Å². The zero-order valence-electron chi connectivity index (χ0n) is 11.8. The molecule has 0 saturated heterocycles. The molecule has 0 atom stereocenters. The second-order valence-corrected chi connectivity index (χ2v) is 5.12. The minimum Gasteiger partial charge on any atom is -0.495 e. The molecule has 0 aliphatic heterocycles. The first-order valence-electron chi connectivity index (χ1n) is 7.02. The summed E-state index contributed by atoms with van der Waals surface area (Å²) >= 11 is 0. The first-order chi connectivity index (χ1) is 9.67. The molecule has 1 aromatic carbocycles. The molecular formula is C15H22N2O3. The molecule has 0 unspecified atom stereocenters. The number of hydrogen-bond acceptors (Lipinski definition) is 4. The Hall–Kier alpha value is -1.75. The fraction of sp³-hybridized carbons (Fsp3) is 0.533. The maximum absolute atomic E-state index is 12.6. The van der Waals surface area contributed by atoms with Gasteiger partial charge in [-0.25, -0.2) is 0 Å². The molecular weight excluding hydrogens is 256 g/mol. The number of aliphatic hydroxyl groups excluding tert-OH is 1. The SMILES string of the molecule is COc1ccc(C(=O)N(CCO)C2CCCC2)cc1N. The van der Waals surface area contributed by atoms with Crippen LogP contribution in [0.1, 0.15) is 36.0 Å². The van der Waals surface area contributed by atoms with Crippen LogP contribution in [-0.4, -0.2) is 42.2 Å². The van der Waals surface area contributed by atoms with E-state index in [4.69, 9.17) is 10.5 Å². The lowest BCUT2D eigenvalue weighted by molar-refractivity contribution is 0.0638. The van der Waals surface area contributed by atoms with Crippen LogP contribution < -0.4 is 10.5 Å². The third-order valence-electron chi connectivity index (χ3n) is 3.84. The van der Waals surface area contributed by atoms with Crippen LogP contribution in [0.25, 0.3) is 0 Å². The lowest BCUT2D eigenvalue weighted by atomic mass is 10.1. The summed E-state index contributed by atoms with van der Waals surface area (Å²) in [4.78, 5) is 14.4. The van der Waals surface area contributed by atoms with Gasteiger partial charge in [0, 0.05) is 18.2 Å². The second-order valence-electron chi connectivity index (χ2n) is 5.12. The molecule has 110 valence electrons. The summed E-state index contributed by atoms with van der Waals surface area (Å²) in [6.45, 7) is 0.351. The van der Waals surface area contributed by atoms with Crippen LogP contribution in [0.3, 0.4) is 0 Å². The molecule has 0 aromatic heterocycles. The average molecular weight is 278 g/mol. The zero-order valence-corrected chi connectivity index (χ0v) is 11.8. The average Bonchev–Trinajstić information content (AvgIpc) is 2.97. The van der Waals surface area contributed by atoms with Crippen molar-refractivity contribution in [2.45, 2.75) is 31.7 Å². The molecule has 0 bridgehead atoms. The Labute approximate surface area is 119 Å². The molecule has 3 N–H and O–H groups in total. The fourth-order valence-corrected chi connectivity index (χ4v) is 2.81. The Balaban J connectivity index is 2.20. The Morgan fingerprint density at radius 3 is 2.70 bits per heavy atom. The highest BCUT2D eigenvalue weighted by molar-refractivity contribution is 5.95. The number of nitrogens with two attached hydrogens (primary N) is 1. The van der Waals surface area contributed by atoms with Gasteiger partial charge in [-0.05, 0) is 31.0 Å². The van der Waals surface area contributed by atoms with Crippen molar-refractivity contribution in [1.82, 2.24) is 4.90 Å². The Bertz CT molecular complexity index is 470. The molecule has 1 saturated carbocycles. The molecule has 0 radical (unpaired) electrons. The van der Waals surface area contributed by atoms with Crippen molar-refractivity contribution in [3.05, 3.63) is 23.8 Å². The van der Waals surface area contributed by atoms with Crippen LogP contribution in [-0.2, 0) is 0 Å². The summed E-state index contributed by atoms with van der Waals surface area (Å²) in [6, 6.07) is 5.30. The van der Waals surface area contributed by atoms with Gasteiger partial charge in [-0.15, -0.1) is 0 Å². The second kappa shape index (κ2) is 6.61. The highest BCUT2D eigenvalue weighted by atomic mass is 16.5.